The van der Waals surface area contributed by atoms with E-state index >= 15 is 0 Å². The lowest BCUT2D eigenvalue weighted by Crippen LogP contribution is -2.29. The van der Waals surface area contributed by atoms with Crippen LogP contribution in [0.4, 0.5) is 5.69 Å². The van der Waals surface area contributed by atoms with E-state index in [0.717, 1.165) is 0 Å². The molecule has 6 heteroatoms. The zero-order valence-electron chi connectivity index (χ0n) is 10.1. The molecule has 0 fully saturated rings. The predicted octanol–water partition coefficient (Wildman–Crippen LogP) is 0.698. The number of nitrogens with one attached hydrogen (secondary N) is 2. The number of rotatable bonds is 7. The number of ether oxygens (including phenoxy) is 1. The van der Waals surface area contributed by atoms with Gasteiger partial charge in [-0.25, -0.2) is 0 Å². The van der Waals surface area contributed by atoms with Gasteiger partial charge in [0.15, 0.2) is 0 Å². The number of benzene rings is 1. The maximum absolute atomic E-state index is 11.5. The molecule has 1 aromatic carbocycles. The number of carboxylic acids is 1. The van der Waals surface area contributed by atoms with Crippen LogP contribution in [0, 0.1) is 0 Å². The third kappa shape index (κ3) is 5.31. The Hall–Kier alpha value is -2.08. The number of anilines is 1. The molecule has 98 valence electrons. The van der Waals surface area contributed by atoms with Gasteiger partial charge in [-0.2, -0.15) is 0 Å². The first-order chi connectivity index (χ1) is 8.61. The second-order valence-corrected chi connectivity index (χ2v) is 3.60. The van der Waals surface area contributed by atoms with Crippen LogP contribution < -0.4 is 15.4 Å². The summed E-state index contributed by atoms with van der Waals surface area (Å²) in [6, 6.07) is 6.95. The Labute approximate surface area is 105 Å². The molecular weight excluding hydrogens is 236 g/mol. The Morgan fingerprint density at radius 3 is 2.50 bits per heavy atom. The molecule has 0 aromatic heterocycles. The van der Waals surface area contributed by atoms with E-state index in [0.29, 0.717) is 11.4 Å². The topological polar surface area (TPSA) is 87.7 Å². The number of aliphatic carboxylic acids is 1. The van der Waals surface area contributed by atoms with E-state index in [1.165, 1.54) is 0 Å². The van der Waals surface area contributed by atoms with Gasteiger partial charge in [-0.1, -0.05) is 0 Å². The van der Waals surface area contributed by atoms with E-state index in [-0.39, 0.29) is 25.4 Å². The molecule has 18 heavy (non-hydrogen) atoms. The summed E-state index contributed by atoms with van der Waals surface area (Å²) in [5.74, 6) is -0.392. The monoisotopic (exact) mass is 252 g/mol. The van der Waals surface area contributed by atoms with E-state index in [4.69, 9.17) is 9.84 Å². The van der Waals surface area contributed by atoms with Gasteiger partial charge in [-0.05, 0) is 24.3 Å². The van der Waals surface area contributed by atoms with Crippen molar-refractivity contribution in [3.63, 3.8) is 0 Å². The number of carbonyl (C=O) groups is 2. The molecule has 0 saturated carbocycles. The smallest absolute Gasteiger partial charge is 0.304 e. The Morgan fingerprint density at radius 2 is 1.94 bits per heavy atom. The maximum Gasteiger partial charge on any atom is 0.304 e. The normalized spacial score (nSPS) is 9.83. The molecule has 0 atom stereocenters. The van der Waals surface area contributed by atoms with E-state index in [9.17, 15) is 9.59 Å². The van der Waals surface area contributed by atoms with Gasteiger partial charge in [0.1, 0.15) is 5.75 Å². The van der Waals surface area contributed by atoms with Crippen molar-refractivity contribution in [2.45, 2.75) is 6.42 Å². The lowest BCUT2D eigenvalue weighted by Gasteiger charge is -2.06. The second-order valence-electron chi connectivity index (χ2n) is 3.60. The van der Waals surface area contributed by atoms with Crippen molar-refractivity contribution >= 4 is 17.6 Å². The first-order valence-electron chi connectivity index (χ1n) is 5.48. The first-order valence-corrected chi connectivity index (χ1v) is 5.48. The van der Waals surface area contributed by atoms with Crippen molar-refractivity contribution in [1.29, 1.82) is 0 Å². The van der Waals surface area contributed by atoms with E-state index in [1.807, 2.05) is 0 Å². The summed E-state index contributed by atoms with van der Waals surface area (Å²) in [6.45, 7) is 0.352. The summed E-state index contributed by atoms with van der Waals surface area (Å²) in [5, 5.41) is 13.8. The Bertz CT molecular complexity index is 403. The van der Waals surface area contributed by atoms with Crippen molar-refractivity contribution < 1.29 is 19.4 Å². The number of hydrogen-bond donors (Lipinski definition) is 3. The van der Waals surface area contributed by atoms with Gasteiger partial charge < -0.3 is 20.5 Å². The SMILES string of the molecule is COc1ccc(NC(=O)CNCCC(=O)O)cc1. The highest BCUT2D eigenvalue weighted by molar-refractivity contribution is 5.92. The summed E-state index contributed by atoms with van der Waals surface area (Å²) in [4.78, 5) is 21.7. The molecule has 0 radical (unpaired) electrons. The molecule has 6 nitrogen and oxygen atoms in total. The quantitative estimate of drug-likeness (QED) is 0.622. The van der Waals surface area contributed by atoms with E-state index < -0.39 is 5.97 Å². The fourth-order valence-corrected chi connectivity index (χ4v) is 1.28. The molecule has 0 aliphatic rings. The van der Waals surface area contributed by atoms with Crippen LogP contribution in [0.1, 0.15) is 6.42 Å². The average Bonchev–Trinajstić information content (AvgIpc) is 2.35. The predicted molar refractivity (Wildman–Crippen MR) is 66.7 cm³/mol. The third-order valence-electron chi connectivity index (χ3n) is 2.17. The maximum atomic E-state index is 11.5. The minimum Gasteiger partial charge on any atom is -0.497 e. The lowest BCUT2D eigenvalue weighted by atomic mass is 10.3. The van der Waals surface area contributed by atoms with Crippen molar-refractivity contribution in [2.75, 3.05) is 25.5 Å². The van der Waals surface area contributed by atoms with Gasteiger partial charge in [0.2, 0.25) is 5.91 Å². The van der Waals surface area contributed by atoms with Gasteiger partial charge >= 0.3 is 5.97 Å². The minimum absolute atomic E-state index is 0.00415. The lowest BCUT2D eigenvalue weighted by molar-refractivity contribution is -0.137. The second kappa shape index (κ2) is 7.29. The number of carboxylic acid groups (broad SMARTS) is 1. The average molecular weight is 252 g/mol. The summed E-state index contributed by atoms with van der Waals surface area (Å²) in [7, 11) is 1.57. The molecular formula is C12H16N2O4. The Morgan fingerprint density at radius 1 is 1.28 bits per heavy atom. The highest BCUT2D eigenvalue weighted by Gasteiger charge is 2.02. The highest BCUT2D eigenvalue weighted by atomic mass is 16.5. The number of hydrogen-bond acceptors (Lipinski definition) is 4. The van der Waals surface area contributed by atoms with Crippen LogP contribution in [0.5, 0.6) is 5.75 Å². The van der Waals surface area contributed by atoms with Crippen molar-refractivity contribution in [3.8, 4) is 5.75 Å². The fourth-order valence-electron chi connectivity index (χ4n) is 1.28. The molecule has 0 heterocycles. The van der Waals surface area contributed by atoms with E-state index in [1.54, 1.807) is 31.4 Å². The van der Waals surface area contributed by atoms with E-state index in [2.05, 4.69) is 10.6 Å². The summed E-state index contributed by atoms with van der Waals surface area (Å²) >= 11 is 0. The molecule has 1 rings (SSSR count). The number of amides is 1. The molecule has 0 aliphatic carbocycles. The van der Waals surface area contributed by atoms with Crippen LogP contribution in [-0.4, -0.2) is 37.2 Å². The van der Waals surface area contributed by atoms with Crippen LogP contribution in [0.2, 0.25) is 0 Å². The van der Waals surface area contributed by atoms with Gasteiger partial charge in [0.25, 0.3) is 0 Å². The minimum atomic E-state index is -0.891. The van der Waals surface area contributed by atoms with Crippen molar-refractivity contribution in [2.24, 2.45) is 0 Å². The molecule has 1 aromatic rings. The zero-order chi connectivity index (χ0) is 13.4. The highest BCUT2D eigenvalue weighted by Crippen LogP contribution is 2.14. The van der Waals surface area contributed by atoms with Crippen molar-refractivity contribution in [3.05, 3.63) is 24.3 Å². The van der Waals surface area contributed by atoms with Gasteiger partial charge in [-0.3, -0.25) is 9.59 Å². The van der Waals surface area contributed by atoms with Crippen LogP contribution in [0.3, 0.4) is 0 Å². The summed E-state index contributed by atoms with van der Waals surface area (Å²) in [6.07, 6.45) is -0.00415. The van der Waals surface area contributed by atoms with Crippen molar-refractivity contribution in [1.82, 2.24) is 5.32 Å². The largest absolute Gasteiger partial charge is 0.497 e. The number of carbonyl (C=O) groups excluding carboxylic acids is 1. The fraction of sp³-hybridized carbons (Fsp3) is 0.333. The molecule has 0 aliphatic heterocycles. The molecule has 0 unspecified atom stereocenters. The Balaban J connectivity index is 2.28. The molecule has 3 N–H and O–H groups in total. The van der Waals surface area contributed by atoms with Gasteiger partial charge in [0, 0.05) is 12.2 Å². The van der Waals surface area contributed by atoms with Crippen LogP contribution >= 0.6 is 0 Å². The van der Waals surface area contributed by atoms with Crippen LogP contribution in [-0.2, 0) is 9.59 Å². The first kappa shape index (κ1) is 14.0. The third-order valence-corrected chi connectivity index (χ3v) is 2.17. The number of methoxy groups -OCH3 is 1. The molecule has 1 amide bonds. The van der Waals surface area contributed by atoms with Gasteiger partial charge in [0.05, 0.1) is 20.1 Å². The van der Waals surface area contributed by atoms with Crippen LogP contribution in [0.15, 0.2) is 24.3 Å². The van der Waals surface area contributed by atoms with Gasteiger partial charge in [-0.15, -0.1) is 0 Å². The molecule has 0 saturated heterocycles. The zero-order valence-corrected chi connectivity index (χ0v) is 10.1. The Kier molecular flexibility index (Phi) is 5.66. The van der Waals surface area contributed by atoms with Crippen LogP contribution in [0.25, 0.3) is 0 Å². The summed E-state index contributed by atoms with van der Waals surface area (Å²) in [5.41, 5.74) is 0.667. The standard InChI is InChI=1S/C12H16N2O4/c1-18-10-4-2-9(3-5-10)14-11(15)8-13-7-6-12(16)17/h2-5,13H,6-8H2,1H3,(H,14,15)(H,16,17). The molecule has 0 spiro atoms. The summed E-state index contributed by atoms with van der Waals surface area (Å²) < 4.78 is 5.00. The molecule has 0 bridgehead atoms.